The molecule has 3 heterocycles. The van der Waals surface area contributed by atoms with Crippen molar-refractivity contribution in [2.75, 3.05) is 4.90 Å². The summed E-state index contributed by atoms with van der Waals surface area (Å²) in [5.74, 6) is 0. The summed E-state index contributed by atoms with van der Waals surface area (Å²) < 4.78 is 11.5. The first-order chi connectivity index (χ1) is 28.7. The zero-order valence-corrected chi connectivity index (χ0v) is 32.9. The average molecular weight is 776 g/mol. The molecule has 12 rings (SSSR count). The highest BCUT2D eigenvalue weighted by Crippen LogP contribution is 2.44. The molecular formula is C54H33NOS2. The number of rotatable bonds is 6. The van der Waals surface area contributed by atoms with Gasteiger partial charge in [-0.1, -0.05) is 127 Å². The van der Waals surface area contributed by atoms with E-state index in [-0.39, 0.29) is 0 Å². The van der Waals surface area contributed by atoms with E-state index in [1.54, 1.807) is 0 Å². The number of anilines is 3. The van der Waals surface area contributed by atoms with Crippen LogP contribution in [0.1, 0.15) is 0 Å². The molecule has 0 saturated carbocycles. The van der Waals surface area contributed by atoms with Crippen LogP contribution in [0.25, 0.3) is 95.7 Å². The standard InChI is InChI=1S/C54H33NOS2/c1-4-16-46-43(10-1)52-40(13-7-17-47(52)56-46)34-22-28-37(29-23-34)55(38-30-24-35(25-31-38)41-14-8-20-50-53(41)44-11-2-5-18-48(44)57-50)39-32-26-36(27-33-39)42-15-9-21-51-54(42)45-12-3-6-19-49(45)58-51/h1-33H. The molecule has 3 aromatic heterocycles. The van der Waals surface area contributed by atoms with Crippen molar-refractivity contribution >= 4 is 102 Å². The van der Waals surface area contributed by atoms with Crippen molar-refractivity contribution in [1.82, 2.24) is 0 Å². The fraction of sp³-hybridized carbons (Fsp3) is 0. The lowest BCUT2D eigenvalue weighted by Crippen LogP contribution is -2.09. The molecule has 0 aliphatic carbocycles. The van der Waals surface area contributed by atoms with Gasteiger partial charge in [0.2, 0.25) is 0 Å². The number of thiophene rings is 2. The number of benzene rings is 9. The van der Waals surface area contributed by atoms with Gasteiger partial charge in [-0.3, -0.25) is 0 Å². The smallest absolute Gasteiger partial charge is 0.136 e. The molecule has 2 nitrogen and oxygen atoms in total. The van der Waals surface area contributed by atoms with Crippen molar-refractivity contribution in [3.05, 3.63) is 200 Å². The summed E-state index contributed by atoms with van der Waals surface area (Å²) in [6.07, 6.45) is 0. The summed E-state index contributed by atoms with van der Waals surface area (Å²) in [7, 11) is 0. The molecule has 0 atom stereocenters. The Kier molecular flexibility index (Phi) is 7.62. The number of hydrogen-bond donors (Lipinski definition) is 0. The predicted molar refractivity (Wildman–Crippen MR) is 250 cm³/mol. The lowest BCUT2D eigenvalue weighted by Gasteiger charge is -2.26. The molecule has 0 saturated heterocycles. The molecule has 0 aliphatic rings. The minimum absolute atomic E-state index is 0.905. The van der Waals surface area contributed by atoms with E-state index in [4.69, 9.17) is 4.42 Å². The van der Waals surface area contributed by atoms with Crippen molar-refractivity contribution in [3.63, 3.8) is 0 Å². The Bertz CT molecular complexity index is 3120. The van der Waals surface area contributed by atoms with Crippen LogP contribution in [0.3, 0.4) is 0 Å². The van der Waals surface area contributed by atoms with Gasteiger partial charge in [0.05, 0.1) is 0 Å². The highest BCUT2D eigenvalue weighted by molar-refractivity contribution is 7.26. The Balaban J connectivity index is 0.973. The third-order valence-electron chi connectivity index (χ3n) is 11.5. The van der Waals surface area contributed by atoms with Crippen molar-refractivity contribution in [2.45, 2.75) is 0 Å². The number of para-hydroxylation sites is 1. The summed E-state index contributed by atoms with van der Waals surface area (Å²) >= 11 is 3.72. The molecule has 0 amide bonds. The van der Waals surface area contributed by atoms with Gasteiger partial charge < -0.3 is 9.32 Å². The van der Waals surface area contributed by atoms with Crippen molar-refractivity contribution in [1.29, 1.82) is 0 Å². The van der Waals surface area contributed by atoms with Crippen LogP contribution in [0.15, 0.2) is 205 Å². The maximum absolute atomic E-state index is 6.25. The fourth-order valence-corrected chi connectivity index (χ4v) is 11.1. The van der Waals surface area contributed by atoms with Crippen LogP contribution in [-0.2, 0) is 0 Å². The third-order valence-corrected chi connectivity index (χ3v) is 13.8. The lowest BCUT2D eigenvalue weighted by atomic mass is 9.98. The van der Waals surface area contributed by atoms with Gasteiger partial charge in [-0.15, -0.1) is 22.7 Å². The second-order valence-corrected chi connectivity index (χ2v) is 17.0. The Morgan fingerprint density at radius 2 is 0.672 bits per heavy atom. The summed E-state index contributed by atoms with van der Waals surface area (Å²) in [4.78, 5) is 2.37. The molecule has 12 aromatic rings. The van der Waals surface area contributed by atoms with E-state index in [0.29, 0.717) is 0 Å². The summed E-state index contributed by atoms with van der Waals surface area (Å²) in [5.41, 5.74) is 12.4. The molecule has 0 radical (unpaired) electrons. The molecule has 4 heteroatoms. The van der Waals surface area contributed by atoms with Gasteiger partial charge in [-0.05, 0) is 106 Å². The lowest BCUT2D eigenvalue weighted by molar-refractivity contribution is 0.669. The molecule has 0 spiro atoms. The van der Waals surface area contributed by atoms with E-state index in [0.717, 1.165) is 44.6 Å². The maximum Gasteiger partial charge on any atom is 0.136 e. The average Bonchev–Trinajstić information content (AvgIpc) is 3.99. The minimum Gasteiger partial charge on any atom is -0.456 e. The predicted octanol–water partition coefficient (Wildman–Crippen LogP) is 16.8. The monoisotopic (exact) mass is 775 g/mol. The third kappa shape index (κ3) is 5.30. The molecule has 58 heavy (non-hydrogen) atoms. The molecule has 272 valence electrons. The van der Waals surface area contributed by atoms with E-state index < -0.39 is 0 Å². The second-order valence-electron chi connectivity index (χ2n) is 14.8. The molecule has 0 unspecified atom stereocenters. The SMILES string of the molecule is c1ccc2c(c1)oc1cccc(-c3ccc(N(c4ccc(-c5cccc6sc7ccccc7c56)cc4)c4ccc(-c5cccc6sc7ccccc7c56)cc4)cc3)c12. The Hall–Kier alpha value is -6.98. The van der Waals surface area contributed by atoms with Crippen LogP contribution in [0, 0.1) is 0 Å². The van der Waals surface area contributed by atoms with Crippen LogP contribution in [-0.4, -0.2) is 0 Å². The van der Waals surface area contributed by atoms with Crippen LogP contribution in [0.4, 0.5) is 17.1 Å². The molecule has 0 aliphatic heterocycles. The zero-order chi connectivity index (χ0) is 38.2. The van der Waals surface area contributed by atoms with Gasteiger partial charge in [-0.25, -0.2) is 0 Å². The maximum atomic E-state index is 6.25. The molecule has 0 N–H and O–H groups in total. The van der Waals surface area contributed by atoms with Crippen LogP contribution in [0.2, 0.25) is 0 Å². The second kappa shape index (κ2) is 13.3. The van der Waals surface area contributed by atoms with Gasteiger partial charge in [0, 0.05) is 68.2 Å². The zero-order valence-electron chi connectivity index (χ0n) is 31.2. The number of hydrogen-bond acceptors (Lipinski definition) is 4. The van der Waals surface area contributed by atoms with Gasteiger partial charge in [0.15, 0.2) is 0 Å². The highest BCUT2D eigenvalue weighted by atomic mass is 32.1. The van der Waals surface area contributed by atoms with Gasteiger partial charge in [0.1, 0.15) is 11.2 Å². The Morgan fingerprint density at radius 3 is 1.17 bits per heavy atom. The van der Waals surface area contributed by atoms with Crippen LogP contribution in [0.5, 0.6) is 0 Å². The molecule has 0 fully saturated rings. The van der Waals surface area contributed by atoms with E-state index in [1.807, 2.05) is 34.8 Å². The molecule has 9 aromatic carbocycles. The summed E-state index contributed by atoms with van der Waals surface area (Å²) in [5, 5.41) is 7.57. The first-order valence-electron chi connectivity index (χ1n) is 19.6. The minimum atomic E-state index is 0.905. The molecular weight excluding hydrogens is 743 g/mol. The van der Waals surface area contributed by atoms with E-state index in [1.165, 1.54) is 68.2 Å². The Labute approximate surface area is 343 Å². The van der Waals surface area contributed by atoms with E-state index in [9.17, 15) is 0 Å². The first-order valence-corrected chi connectivity index (χ1v) is 21.2. The van der Waals surface area contributed by atoms with Gasteiger partial charge in [-0.2, -0.15) is 0 Å². The van der Waals surface area contributed by atoms with Crippen molar-refractivity contribution in [3.8, 4) is 33.4 Å². The Morgan fingerprint density at radius 1 is 0.293 bits per heavy atom. The van der Waals surface area contributed by atoms with Gasteiger partial charge >= 0.3 is 0 Å². The number of furan rings is 1. The normalized spacial score (nSPS) is 11.8. The largest absolute Gasteiger partial charge is 0.456 e. The first kappa shape index (κ1) is 33.2. The van der Waals surface area contributed by atoms with Crippen LogP contribution >= 0.6 is 22.7 Å². The van der Waals surface area contributed by atoms with E-state index in [2.05, 4.69) is 193 Å². The number of fused-ring (bicyclic) bond motifs is 9. The fourth-order valence-electron chi connectivity index (χ4n) is 8.86. The van der Waals surface area contributed by atoms with E-state index >= 15 is 0 Å². The quantitative estimate of drug-likeness (QED) is 0.167. The molecule has 0 bridgehead atoms. The van der Waals surface area contributed by atoms with Crippen LogP contribution < -0.4 is 4.90 Å². The summed E-state index contributed by atoms with van der Waals surface area (Å²) in [6.45, 7) is 0. The topological polar surface area (TPSA) is 16.4 Å². The van der Waals surface area contributed by atoms with Crippen molar-refractivity contribution in [2.24, 2.45) is 0 Å². The highest BCUT2D eigenvalue weighted by Gasteiger charge is 2.18. The summed E-state index contributed by atoms with van der Waals surface area (Å²) in [6, 6.07) is 72.6. The van der Waals surface area contributed by atoms with Gasteiger partial charge in [0.25, 0.3) is 0 Å². The number of nitrogens with zero attached hydrogens (tertiary/aromatic N) is 1. The van der Waals surface area contributed by atoms with Crippen molar-refractivity contribution < 1.29 is 4.42 Å².